The van der Waals surface area contributed by atoms with Gasteiger partial charge in [-0.25, -0.2) is 24.8 Å². The van der Waals surface area contributed by atoms with E-state index in [0.717, 1.165) is 47.2 Å². The molecule has 1 aliphatic carbocycles. The lowest BCUT2D eigenvalue weighted by molar-refractivity contribution is 0.566. The molecule has 0 spiro atoms. The second kappa shape index (κ2) is 8.29. The van der Waals surface area contributed by atoms with Crippen LogP contribution >= 0.6 is 0 Å². The van der Waals surface area contributed by atoms with E-state index in [1.54, 1.807) is 73.2 Å². The minimum atomic E-state index is -3.77. The minimum absolute atomic E-state index is 0.214. The lowest BCUT2D eigenvalue weighted by Crippen LogP contribution is -2.21. The van der Waals surface area contributed by atoms with Gasteiger partial charge in [0.05, 0.1) is 9.79 Å². The highest BCUT2D eigenvalue weighted by Crippen LogP contribution is 2.39. The van der Waals surface area contributed by atoms with E-state index < -0.39 is 20.0 Å². The van der Waals surface area contributed by atoms with Gasteiger partial charge in [-0.15, -0.1) is 0 Å². The molecule has 34 heavy (non-hydrogen) atoms. The van der Waals surface area contributed by atoms with Crippen LogP contribution in [-0.2, 0) is 26.5 Å². The molecule has 8 heteroatoms. The van der Waals surface area contributed by atoms with Crippen LogP contribution in [0.5, 0.6) is 0 Å². The van der Waals surface area contributed by atoms with E-state index in [-0.39, 0.29) is 15.7 Å². The Kier molecular flexibility index (Phi) is 5.53. The molecule has 0 bridgehead atoms. The molecule has 176 valence electrons. The van der Waals surface area contributed by atoms with E-state index in [1.165, 1.54) is 7.94 Å². The van der Waals surface area contributed by atoms with E-state index in [2.05, 4.69) is 0 Å². The van der Waals surface area contributed by atoms with Gasteiger partial charge in [-0.3, -0.25) is 0 Å². The first kappa shape index (κ1) is 22.7. The summed E-state index contributed by atoms with van der Waals surface area (Å²) in [6.07, 6.45) is 7.23. The molecule has 2 aromatic heterocycles. The van der Waals surface area contributed by atoms with Crippen LogP contribution in [0.4, 0.5) is 0 Å². The van der Waals surface area contributed by atoms with E-state index in [1.807, 2.05) is 19.9 Å². The van der Waals surface area contributed by atoms with Gasteiger partial charge in [-0.1, -0.05) is 35.4 Å². The van der Waals surface area contributed by atoms with Crippen LogP contribution in [0.25, 0.3) is 0 Å². The molecule has 0 saturated carbocycles. The highest BCUT2D eigenvalue weighted by Gasteiger charge is 2.31. The molecule has 4 aromatic rings. The SMILES string of the molecule is Cc1ccc(S(=O)(=O)n2ccc([C@H]3CCCc4ccn(S(=O)(=O)c5ccc(C)cc5)c43)c2)cc1. The Bertz CT molecular complexity index is 1560. The van der Waals surface area contributed by atoms with Crippen molar-refractivity contribution < 1.29 is 16.8 Å². The zero-order chi connectivity index (χ0) is 24.1. The molecule has 2 aromatic carbocycles. The predicted molar refractivity (Wildman–Crippen MR) is 131 cm³/mol. The summed E-state index contributed by atoms with van der Waals surface area (Å²) in [5.74, 6) is -0.214. The van der Waals surface area contributed by atoms with Gasteiger partial charge in [0.1, 0.15) is 0 Å². The highest BCUT2D eigenvalue weighted by molar-refractivity contribution is 7.90. The molecule has 0 radical (unpaired) electrons. The molecule has 0 amide bonds. The van der Waals surface area contributed by atoms with Crippen molar-refractivity contribution in [3.8, 4) is 0 Å². The summed E-state index contributed by atoms with van der Waals surface area (Å²) in [6.45, 7) is 3.82. The molecule has 0 unspecified atom stereocenters. The minimum Gasteiger partial charge on any atom is -0.249 e. The third kappa shape index (κ3) is 3.80. The van der Waals surface area contributed by atoms with Gasteiger partial charge in [0, 0.05) is 30.2 Å². The number of rotatable bonds is 5. The van der Waals surface area contributed by atoms with Crippen LogP contribution in [0.1, 0.15) is 46.7 Å². The van der Waals surface area contributed by atoms with Gasteiger partial charge in [0.15, 0.2) is 0 Å². The highest BCUT2D eigenvalue weighted by atomic mass is 32.2. The first-order chi connectivity index (χ1) is 16.2. The Morgan fingerprint density at radius 3 is 1.94 bits per heavy atom. The van der Waals surface area contributed by atoms with Crippen molar-refractivity contribution in [2.24, 2.45) is 0 Å². The second-order valence-electron chi connectivity index (χ2n) is 8.88. The fourth-order valence-corrected chi connectivity index (χ4v) is 7.26. The van der Waals surface area contributed by atoms with Crippen LogP contribution in [0, 0.1) is 13.8 Å². The standard InChI is InChI=1S/C26H26N2O4S2/c1-19-6-10-23(11-7-19)33(29,30)27-16-14-22(18-27)25-5-3-4-21-15-17-28(26(21)25)34(31,32)24-12-8-20(2)9-13-24/h6-18,25H,3-5H2,1-2H3/t25-/m1/s1. The monoisotopic (exact) mass is 494 g/mol. The number of hydrogen-bond donors (Lipinski definition) is 0. The lowest BCUT2D eigenvalue weighted by atomic mass is 9.84. The van der Waals surface area contributed by atoms with E-state index in [0.29, 0.717) is 0 Å². The molecule has 1 aliphatic rings. The average molecular weight is 495 g/mol. The maximum Gasteiger partial charge on any atom is 0.267 e. The fraction of sp³-hybridized carbons (Fsp3) is 0.231. The lowest BCUT2D eigenvalue weighted by Gasteiger charge is -2.25. The van der Waals surface area contributed by atoms with Crippen molar-refractivity contribution >= 4 is 20.0 Å². The van der Waals surface area contributed by atoms with Gasteiger partial charge in [-0.05, 0) is 80.6 Å². The topological polar surface area (TPSA) is 78.1 Å². The normalized spacial score (nSPS) is 16.4. The fourth-order valence-electron chi connectivity index (χ4n) is 4.63. The molecule has 0 aliphatic heterocycles. The Labute approximate surface area is 200 Å². The van der Waals surface area contributed by atoms with E-state index in [4.69, 9.17) is 0 Å². The smallest absolute Gasteiger partial charge is 0.249 e. The quantitative estimate of drug-likeness (QED) is 0.397. The maximum atomic E-state index is 13.5. The third-order valence-corrected chi connectivity index (χ3v) is 9.87. The van der Waals surface area contributed by atoms with Gasteiger partial charge >= 0.3 is 0 Å². The van der Waals surface area contributed by atoms with Crippen LogP contribution in [-0.4, -0.2) is 24.8 Å². The Hall–Kier alpha value is -3.10. The first-order valence-electron chi connectivity index (χ1n) is 11.2. The van der Waals surface area contributed by atoms with Gasteiger partial charge in [0.25, 0.3) is 20.0 Å². The molecule has 6 nitrogen and oxygen atoms in total. The number of fused-ring (bicyclic) bond motifs is 1. The Morgan fingerprint density at radius 1 is 0.735 bits per heavy atom. The summed E-state index contributed by atoms with van der Waals surface area (Å²) in [7, 11) is -7.50. The van der Waals surface area contributed by atoms with Crippen molar-refractivity contribution in [1.82, 2.24) is 7.94 Å². The molecule has 2 heterocycles. The number of hydrogen-bond acceptors (Lipinski definition) is 4. The molecule has 1 atom stereocenters. The van der Waals surface area contributed by atoms with Crippen molar-refractivity contribution in [2.45, 2.75) is 48.8 Å². The first-order valence-corrected chi connectivity index (χ1v) is 14.1. The average Bonchev–Trinajstić information content (AvgIpc) is 3.48. The van der Waals surface area contributed by atoms with Gasteiger partial charge in [-0.2, -0.15) is 0 Å². The Balaban J connectivity index is 1.56. The zero-order valence-corrected chi connectivity index (χ0v) is 20.7. The number of aryl methyl sites for hydroxylation is 3. The summed E-state index contributed by atoms with van der Waals surface area (Å²) in [6, 6.07) is 17.2. The van der Waals surface area contributed by atoms with Gasteiger partial charge < -0.3 is 0 Å². The summed E-state index contributed by atoms with van der Waals surface area (Å²) < 4.78 is 55.9. The van der Waals surface area contributed by atoms with Crippen LogP contribution in [0.3, 0.4) is 0 Å². The van der Waals surface area contributed by atoms with Crippen molar-refractivity contribution in [3.63, 3.8) is 0 Å². The molecule has 0 fully saturated rings. The van der Waals surface area contributed by atoms with E-state index in [9.17, 15) is 16.8 Å². The summed E-state index contributed by atoms with van der Waals surface area (Å²) in [4.78, 5) is 0.454. The third-order valence-electron chi connectivity index (χ3n) is 6.51. The van der Waals surface area contributed by atoms with Crippen LogP contribution in [0.15, 0.2) is 89.0 Å². The van der Waals surface area contributed by atoms with Crippen LogP contribution in [0.2, 0.25) is 0 Å². The van der Waals surface area contributed by atoms with Crippen molar-refractivity contribution in [1.29, 1.82) is 0 Å². The molecule has 0 N–H and O–H groups in total. The molecule has 0 saturated heterocycles. The second-order valence-corrected chi connectivity index (χ2v) is 12.5. The largest absolute Gasteiger partial charge is 0.267 e. The molecular formula is C26H26N2O4S2. The predicted octanol–water partition coefficient (Wildman–Crippen LogP) is 4.85. The Morgan fingerprint density at radius 2 is 1.32 bits per heavy atom. The number of aromatic nitrogens is 2. The maximum absolute atomic E-state index is 13.5. The number of benzene rings is 2. The zero-order valence-electron chi connectivity index (χ0n) is 19.0. The molecule has 5 rings (SSSR count). The van der Waals surface area contributed by atoms with Crippen LogP contribution < -0.4 is 0 Å². The summed E-state index contributed by atoms with van der Waals surface area (Å²) >= 11 is 0. The van der Waals surface area contributed by atoms with Crippen molar-refractivity contribution in [3.05, 3.63) is 107 Å². The summed E-state index contributed by atoms with van der Waals surface area (Å²) in [5.41, 5.74) is 4.47. The van der Waals surface area contributed by atoms with Crippen molar-refractivity contribution in [2.75, 3.05) is 0 Å². The van der Waals surface area contributed by atoms with E-state index >= 15 is 0 Å². The molecular weight excluding hydrogens is 468 g/mol. The van der Waals surface area contributed by atoms with Gasteiger partial charge in [0.2, 0.25) is 0 Å². The number of nitrogens with zero attached hydrogens (tertiary/aromatic N) is 2. The summed E-state index contributed by atoms with van der Waals surface area (Å²) in [5, 5.41) is 0.